The summed E-state index contributed by atoms with van der Waals surface area (Å²) >= 11 is 3.27. The zero-order valence-corrected chi connectivity index (χ0v) is 32.6. The van der Waals surface area contributed by atoms with Crippen molar-refractivity contribution in [2.75, 3.05) is 18.1 Å². The van der Waals surface area contributed by atoms with E-state index in [4.69, 9.17) is 25.9 Å². The molecule has 0 bridgehead atoms. The number of fused-ring (bicyclic) bond motifs is 2. The minimum Gasteiger partial charge on any atom is -0.375 e. The van der Waals surface area contributed by atoms with Crippen molar-refractivity contribution in [3.8, 4) is 0 Å². The van der Waals surface area contributed by atoms with E-state index in [0.717, 1.165) is 47.9 Å². The molecule has 1 unspecified atom stereocenters. The molecule has 2 atom stereocenters. The lowest BCUT2D eigenvalue weighted by Crippen LogP contribution is -2.26. The predicted molar refractivity (Wildman–Crippen MR) is 204 cm³/mol. The number of hydrogen-bond acceptors (Lipinski definition) is 12. The highest BCUT2D eigenvalue weighted by Gasteiger charge is 2.21. The molecule has 2 aromatic heterocycles. The van der Waals surface area contributed by atoms with Crippen LogP contribution in [0.4, 0.5) is 10.3 Å². The van der Waals surface area contributed by atoms with Crippen LogP contribution in [0.15, 0.2) is 58.3 Å². The molecule has 6 rings (SSSR count). The first-order valence-corrected chi connectivity index (χ1v) is 21.3. The number of rotatable bonds is 8. The van der Waals surface area contributed by atoms with Crippen LogP contribution in [-0.4, -0.2) is 44.0 Å². The van der Waals surface area contributed by atoms with Gasteiger partial charge in [-0.25, -0.2) is 9.97 Å². The molecule has 2 aliphatic carbocycles. The molecule has 0 saturated heterocycles. The fourth-order valence-electron chi connectivity index (χ4n) is 5.30. The molecule has 0 fully saturated rings. The van der Waals surface area contributed by atoms with Crippen LogP contribution >= 0.6 is 22.7 Å². The Balaban J connectivity index is 0.000000181. The van der Waals surface area contributed by atoms with E-state index < -0.39 is 20.2 Å². The van der Waals surface area contributed by atoms with Gasteiger partial charge in [-0.15, -0.1) is 22.7 Å². The third-order valence-corrected chi connectivity index (χ3v) is 12.2. The van der Waals surface area contributed by atoms with Crippen LogP contribution in [0.1, 0.15) is 84.6 Å². The lowest BCUT2D eigenvalue weighted by molar-refractivity contribution is 0.318. The monoisotopic (exact) mass is 765 g/mol. The Labute approximate surface area is 305 Å². The van der Waals surface area contributed by atoms with Crippen LogP contribution in [0.3, 0.4) is 0 Å². The maximum atomic E-state index is 11.5. The summed E-state index contributed by atoms with van der Waals surface area (Å²) in [5.41, 5.74) is 21.5. The highest BCUT2D eigenvalue weighted by atomic mass is 32.2. The second-order valence-electron chi connectivity index (χ2n) is 12.5. The van der Waals surface area contributed by atoms with Crippen molar-refractivity contribution >= 4 is 53.2 Å². The molecule has 0 radical (unpaired) electrons. The number of aryl methyl sites for hydroxylation is 4. The second kappa shape index (κ2) is 19.6. The minimum absolute atomic E-state index is 0.0666. The minimum atomic E-state index is -4.02. The first-order chi connectivity index (χ1) is 23.6. The molecule has 276 valence electrons. The van der Waals surface area contributed by atoms with Crippen LogP contribution < -0.4 is 17.2 Å². The molecule has 0 spiro atoms. The van der Waals surface area contributed by atoms with Gasteiger partial charge < -0.3 is 17.2 Å². The largest absolute Gasteiger partial charge is 0.375 e. The molecule has 2 aromatic carbocycles. The Morgan fingerprint density at radius 3 is 1.78 bits per heavy atom. The van der Waals surface area contributed by atoms with Gasteiger partial charge in [0.25, 0.3) is 20.2 Å². The van der Waals surface area contributed by atoms with Crippen molar-refractivity contribution in [1.82, 2.24) is 9.97 Å². The Morgan fingerprint density at radius 2 is 1.28 bits per heavy atom. The molecular formula is C35H51N5O6S4. The van der Waals surface area contributed by atoms with Gasteiger partial charge in [-0.1, -0.05) is 68.5 Å². The maximum Gasteiger partial charge on any atom is 0.296 e. The summed E-state index contributed by atoms with van der Waals surface area (Å²) in [4.78, 5) is 11.5. The van der Waals surface area contributed by atoms with Crippen LogP contribution in [0.5, 0.6) is 0 Å². The first kappa shape index (κ1) is 41.5. The zero-order chi connectivity index (χ0) is 36.9. The molecule has 7 N–H and O–H groups in total. The van der Waals surface area contributed by atoms with Gasteiger partial charge in [-0.05, 0) is 89.0 Å². The number of nitrogens with zero attached hydrogens (tertiary/aromatic N) is 2. The lowest BCUT2D eigenvalue weighted by Gasteiger charge is -2.20. The van der Waals surface area contributed by atoms with E-state index in [1.165, 1.54) is 65.4 Å². The van der Waals surface area contributed by atoms with Crippen molar-refractivity contribution in [3.63, 3.8) is 0 Å². The summed E-state index contributed by atoms with van der Waals surface area (Å²) in [6.07, 6.45) is 11.5. The number of nitrogens with two attached hydrogens (primary N) is 3. The van der Waals surface area contributed by atoms with Gasteiger partial charge in [0.05, 0.1) is 27.8 Å². The quantitative estimate of drug-likeness (QED) is 0.107. The molecule has 2 aliphatic rings. The third kappa shape index (κ3) is 13.7. The summed E-state index contributed by atoms with van der Waals surface area (Å²) in [6.45, 7) is 8.11. The number of hydrogen-bond donors (Lipinski definition) is 4. The van der Waals surface area contributed by atoms with Crippen LogP contribution in [0, 0.1) is 19.8 Å². The lowest BCUT2D eigenvalue weighted by atomic mass is 9.87. The van der Waals surface area contributed by atoms with Crippen molar-refractivity contribution in [1.29, 1.82) is 0 Å². The van der Waals surface area contributed by atoms with E-state index >= 15 is 0 Å². The van der Waals surface area contributed by atoms with E-state index in [1.807, 2.05) is 20.8 Å². The Hall–Kier alpha value is -2.92. The van der Waals surface area contributed by atoms with Crippen LogP contribution in [0.25, 0.3) is 0 Å². The number of thiazole rings is 2. The van der Waals surface area contributed by atoms with Crippen molar-refractivity contribution < 1.29 is 25.6 Å². The van der Waals surface area contributed by atoms with Gasteiger partial charge in [0.15, 0.2) is 10.3 Å². The molecular weight excluding hydrogens is 715 g/mol. The summed E-state index contributed by atoms with van der Waals surface area (Å²) in [5, 5.41) is 1.44. The van der Waals surface area contributed by atoms with Gasteiger partial charge >= 0.3 is 0 Å². The van der Waals surface area contributed by atoms with Crippen LogP contribution in [0.2, 0.25) is 0 Å². The van der Waals surface area contributed by atoms with Crippen molar-refractivity contribution in [2.45, 2.75) is 108 Å². The van der Waals surface area contributed by atoms with Gasteiger partial charge in [-0.3, -0.25) is 8.74 Å². The van der Waals surface area contributed by atoms with E-state index in [9.17, 15) is 16.8 Å². The van der Waals surface area contributed by atoms with E-state index in [2.05, 4.69) is 16.9 Å². The van der Waals surface area contributed by atoms with Gasteiger partial charge in [0.2, 0.25) is 0 Å². The number of anilines is 2. The van der Waals surface area contributed by atoms with Crippen molar-refractivity contribution in [3.05, 3.63) is 80.8 Å². The molecule has 2 heterocycles. The Morgan fingerprint density at radius 1 is 0.780 bits per heavy atom. The predicted octanol–water partition coefficient (Wildman–Crippen LogP) is 6.91. The summed E-state index contributed by atoms with van der Waals surface area (Å²) in [7, 11) is -7.56. The van der Waals surface area contributed by atoms with Crippen molar-refractivity contribution in [2.24, 2.45) is 11.7 Å². The molecule has 4 aromatic rings. The summed E-state index contributed by atoms with van der Waals surface area (Å²) < 4.78 is 57.3. The molecule has 0 aliphatic heterocycles. The smallest absolute Gasteiger partial charge is 0.296 e. The van der Waals surface area contributed by atoms with Crippen LogP contribution in [-0.2, 0) is 50.1 Å². The zero-order valence-electron chi connectivity index (χ0n) is 29.3. The van der Waals surface area contributed by atoms with Gasteiger partial charge in [-0.2, -0.15) is 16.8 Å². The van der Waals surface area contributed by atoms with Gasteiger partial charge in [0.1, 0.15) is 0 Å². The van der Waals surface area contributed by atoms with E-state index in [0.29, 0.717) is 17.6 Å². The Kier molecular flexibility index (Phi) is 16.3. The standard InChI is InChI=1S/C11H18N2S.C10H14O3S.C7H11N3S.C7H8O3S/c1-2-3-4-8-5-6-9-10(7-8)14-11(12)13-9;1-3-8-13-14(11,12)10-6-4-9(2)5-7-10;8-4-1-2-5-6(3-4)11-7(9)10-5;1-6-2-4-7(5-3-6)11(8,9)10/h8H,2-7H2,1H3,(H2,12,13);4-7H,3,8H2,1-2H3;4H,1-3,8H2,(H2,9,10);2-5H,1H3,(H,8,9,10)/t8-;;;/m1.../s1. The summed E-state index contributed by atoms with van der Waals surface area (Å²) in [6, 6.07) is 12.9. The second-order valence-corrected chi connectivity index (χ2v) is 17.7. The first-order valence-electron chi connectivity index (χ1n) is 16.8. The fraction of sp³-hybridized carbons (Fsp3) is 0.486. The molecule has 11 nitrogen and oxygen atoms in total. The fourth-order valence-corrected chi connectivity index (χ4v) is 8.73. The Bertz CT molecular complexity index is 1840. The topological polar surface area (TPSA) is 202 Å². The summed E-state index contributed by atoms with van der Waals surface area (Å²) in [5.74, 6) is 0.891. The number of unbranched alkanes of at least 4 members (excludes halogenated alkanes) is 1. The highest BCUT2D eigenvalue weighted by molar-refractivity contribution is 7.86. The number of nitrogen functional groups attached to an aromatic ring is 2. The number of benzene rings is 2. The molecule has 50 heavy (non-hydrogen) atoms. The highest BCUT2D eigenvalue weighted by Crippen LogP contribution is 2.33. The number of aromatic nitrogens is 2. The molecule has 15 heteroatoms. The average Bonchev–Trinajstić information content (AvgIpc) is 3.63. The van der Waals surface area contributed by atoms with Gasteiger partial charge in [0, 0.05) is 15.8 Å². The maximum absolute atomic E-state index is 11.5. The van der Waals surface area contributed by atoms with E-state index in [-0.39, 0.29) is 16.4 Å². The SMILES string of the molecule is CCCC[C@@H]1CCc2nc(N)sc2C1.CCCOS(=O)(=O)c1ccc(C)cc1.Cc1ccc(S(=O)(=O)O)cc1.Nc1nc2c(s1)CC(N)CC2. The third-order valence-electron chi connectivity index (χ3n) is 8.09. The molecule has 0 saturated carbocycles. The molecule has 0 amide bonds. The average molecular weight is 766 g/mol. The van der Waals surface area contributed by atoms with E-state index in [1.54, 1.807) is 59.1 Å². The normalized spacial score (nSPS) is 16.7.